The fraction of sp³-hybridized carbons (Fsp3) is 1.00. The minimum atomic E-state index is -0.262. The molecule has 0 aromatic heterocycles. The molecule has 1 aliphatic heterocycles. The van der Waals surface area contributed by atoms with Crippen molar-refractivity contribution in [3.05, 3.63) is 0 Å². The van der Waals surface area contributed by atoms with Crippen LogP contribution >= 0.6 is 0 Å². The molecular weight excluding hydrogens is 152 g/mol. The molecule has 0 radical (unpaired) electrons. The van der Waals surface area contributed by atoms with Crippen molar-refractivity contribution in [2.45, 2.75) is 45.8 Å². The summed E-state index contributed by atoms with van der Waals surface area (Å²) in [7, 11) is 0. The van der Waals surface area contributed by atoms with Crippen LogP contribution in [0.5, 0.6) is 0 Å². The minimum Gasteiger partial charge on any atom is -0.390 e. The first-order chi connectivity index (χ1) is 5.61. The molecule has 0 aromatic carbocycles. The van der Waals surface area contributed by atoms with Gasteiger partial charge in [-0.2, -0.15) is 0 Å². The van der Waals surface area contributed by atoms with Gasteiger partial charge in [0.15, 0.2) is 0 Å². The average Bonchev–Trinajstić information content (AvgIpc) is 2.33. The first-order valence-corrected chi connectivity index (χ1v) is 4.91. The van der Waals surface area contributed by atoms with Gasteiger partial charge in [0.25, 0.3) is 0 Å². The van der Waals surface area contributed by atoms with Crippen LogP contribution in [-0.4, -0.2) is 23.9 Å². The standard InChI is InChI=1S/C10H20O2/c1-7(2)6-9(11)10-8(3)4-5-12-10/h7-11H,4-6H2,1-3H3/t8-,9-,10-/m1/s1. The molecule has 0 unspecified atom stereocenters. The van der Waals surface area contributed by atoms with Crippen LogP contribution in [0.4, 0.5) is 0 Å². The summed E-state index contributed by atoms with van der Waals surface area (Å²) in [6, 6.07) is 0. The van der Waals surface area contributed by atoms with Gasteiger partial charge in [0, 0.05) is 6.61 Å². The van der Waals surface area contributed by atoms with Gasteiger partial charge >= 0.3 is 0 Å². The van der Waals surface area contributed by atoms with Crippen molar-refractivity contribution in [2.75, 3.05) is 6.61 Å². The van der Waals surface area contributed by atoms with Crippen LogP contribution in [0, 0.1) is 11.8 Å². The Kier molecular flexibility index (Phi) is 3.53. The van der Waals surface area contributed by atoms with Crippen molar-refractivity contribution < 1.29 is 9.84 Å². The third kappa shape index (κ3) is 2.46. The van der Waals surface area contributed by atoms with Crippen LogP contribution < -0.4 is 0 Å². The van der Waals surface area contributed by atoms with Crippen LogP contribution in [0.15, 0.2) is 0 Å². The number of aliphatic hydroxyl groups excluding tert-OH is 1. The van der Waals surface area contributed by atoms with Crippen molar-refractivity contribution in [1.82, 2.24) is 0 Å². The molecule has 1 heterocycles. The molecule has 3 atom stereocenters. The maximum atomic E-state index is 9.76. The first-order valence-electron chi connectivity index (χ1n) is 4.91. The summed E-state index contributed by atoms with van der Waals surface area (Å²) < 4.78 is 5.48. The van der Waals surface area contributed by atoms with E-state index in [1.165, 1.54) is 0 Å². The van der Waals surface area contributed by atoms with E-state index in [2.05, 4.69) is 20.8 Å². The van der Waals surface area contributed by atoms with E-state index in [0.29, 0.717) is 11.8 Å². The van der Waals surface area contributed by atoms with E-state index in [1.807, 2.05) is 0 Å². The van der Waals surface area contributed by atoms with Crippen LogP contribution in [0.2, 0.25) is 0 Å². The molecule has 0 bridgehead atoms. The van der Waals surface area contributed by atoms with Gasteiger partial charge in [0.2, 0.25) is 0 Å². The minimum absolute atomic E-state index is 0.0902. The molecule has 1 saturated heterocycles. The van der Waals surface area contributed by atoms with Gasteiger partial charge in [-0.05, 0) is 24.7 Å². The average molecular weight is 172 g/mol. The molecule has 1 fully saturated rings. The summed E-state index contributed by atoms with van der Waals surface area (Å²) in [5.41, 5.74) is 0. The zero-order valence-electron chi connectivity index (χ0n) is 8.29. The summed E-state index contributed by atoms with van der Waals surface area (Å²) in [4.78, 5) is 0. The maximum absolute atomic E-state index is 9.76. The Hall–Kier alpha value is -0.0800. The van der Waals surface area contributed by atoms with E-state index in [4.69, 9.17) is 4.74 Å². The molecular formula is C10H20O2. The van der Waals surface area contributed by atoms with Crippen molar-refractivity contribution in [3.63, 3.8) is 0 Å². The van der Waals surface area contributed by atoms with Gasteiger partial charge in [-0.25, -0.2) is 0 Å². The fourth-order valence-electron chi connectivity index (χ4n) is 1.83. The van der Waals surface area contributed by atoms with Gasteiger partial charge < -0.3 is 9.84 Å². The SMILES string of the molecule is CC(C)C[C@@H](O)[C@@H]1OCC[C@H]1C. The molecule has 2 heteroatoms. The molecule has 2 nitrogen and oxygen atoms in total. The highest BCUT2D eigenvalue weighted by Gasteiger charge is 2.30. The van der Waals surface area contributed by atoms with Crippen LogP contribution in [0.25, 0.3) is 0 Å². The second-order valence-electron chi connectivity index (χ2n) is 4.30. The van der Waals surface area contributed by atoms with E-state index >= 15 is 0 Å². The second kappa shape index (κ2) is 4.24. The summed E-state index contributed by atoms with van der Waals surface area (Å²) >= 11 is 0. The highest BCUT2D eigenvalue weighted by molar-refractivity contribution is 4.79. The number of ether oxygens (including phenoxy) is 1. The van der Waals surface area contributed by atoms with Crippen molar-refractivity contribution in [2.24, 2.45) is 11.8 Å². The Morgan fingerprint density at radius 1 is 1.50 bits per heavy atom. The lowest BCUT2D eigenvalue weighted by Gasteiger charge is -2.22. The summed E-state index contributed by atoms with van der Waals surface area (Å²) in [6.45, 7) is 7.23. The Morgan fingerprint density at radius 2 is 2.17 bits per heavy atom. The Balaban J connectivity index is 2.35. The summed E-state index contributed by atoms with van der Waals surface area (Å²) in [6.07, 6.45) is 1.78. The quantitative estimate of drug-likeness (QED) is 0.703. The lowest BCUT2D eigenvalue weighted by molar-refractivity contribution is -0.0252. The van der Waals surface area contributed by atoms with Crippen molar-refractivity contribution in [3.8, 4) is 0 Å². The number of rotatable bonds is 3. The molecule has 1 N–H and O–H groups in total. The molecule has 0 saturated carbocycles. The zero-order chi connectivity index (χ0) is 9.14. The summed E-state index contributed by atoms with van der Waals surface area (Å²) in [5, 5.41) is 9.76. The molecule has 0 spiro atoms. The monoisotopic (exact) mass is 172 g/mol. The highest BCUT2D eigenvalue weighted by atomic mass is 16.5. The molecule has 0 aliphatic carbocycles. The third-order valence-electron chi connectivity index (χ3n) is 2.54. The maximum Gasteiger partial charge on any atom is 0.0860 e. The largest absolute Gasteiger partial charge is 0.390 e. The molecule has 0 amide bonds. The smallest absolute Gasteiger partial charge is 0.0860 e. The van der Waals surface area contributed by atoms with E-state index in [9.17, 15) is 5.11 Å². The second-order valence-corrected chi connectivity index (χ2v) is 4.30. The lowest BCUT2D eigenvalue weighted by atomic mass is 9.94. The Bertz CT molecular complexity index is 134. The highest BCUT2D eigenvalue weighted by Crippen LogP contribution is 2.25. The number of hydrogen-bond acceptors (Lipinski definition) is 2. The molecule has 72 valence electrons. The van der Waals surface area contributed by atoms with Crippen LogP contribution in [0.3, 0.4) is 0 Å². The number of aliphatic hydroxyl groups is 1. The number of hydrogen-bond donors (Lipinski definition) is 1. The Morgan fingerprint density at radius 3 is 2.58 bits per heavy atom. The molecule has 0 aromatic rings. The Labute approximate surface area is 74.9 Å². The normalized spacial score (nSPS) is 32.8. The van der Waals surface area contributed by atoms with Gasteiger partial charge in [-0.15, -0.1) is 0 Å². The first kappa shape index (κ1) is 10.0. The van der Waals surface area contributed by atoms with Crippen molar-refractivity contribution in [1.29, 1.82) is 0 Å². The van der Waals surface area contributed by atoms with E-state index in [0.717, 1.165) is 19.4 Å². The fourth-order valence-corrected chi connectivity index (χ4v) is 1.83. The zero-order valence-corrected chi connectivity index (χ0v) is 8.29. The predicted octanol–water partition coefficient (Wildman–Crippen LogP) is 1.82. The van der Waals surface area contributed by atoms with Crippen molar-refractivity contribution >= 4 is 0 Å². The van der Waals surface area contributed by atoms with Gasteiger partial charge in [-0.3, -0.25) is 0 Å². The molecule has 12 heavy (non-hydrogen) atoms. The van der Waals surface area contributed by atoms with E-state index in [-0.39, 0.29) is 12.2 Å². The van der Waals surface area contributed by atoms with Crippen LogP contribution in [0.1, 0.15) is 33.6 Å². The van der Waals surface area contributed by atoms with Gasteiger partial charge in [0.05, 0.1) is 12.2 Å². The van der Waals surface area contributed by atoms with Gasteiger partial charge in [-0.1, -0.05) is 20.8 Å². The van der Waals surface area contributed by atoms with E-state index in [1.54, 1.807) is 0 Å². The van der Waals surface area contributed by atoms with E-state index < -0.39 is 0 Å². The molecule has 1 rings (SSSR count). The van der Waals surface area contributed by atoms with Gasteiger partial charge in [0.1, 0.15) is 0 Å². The third-order valence-corrected chi connectivity index (χ3v) is 2.54. The topological polar surface area (TPSA) is 29.5 Å². The molecule has 1 aliphatic rings. The predicted molar refractivity (Wildman–Crippen MR) is 49.0 cm³/mol. The lowest BCUT2D eigenvalue weighted by Crippen LogP contribution is -2.31. The summed E-state index contributed by atoms with van der Waals surface area (Å²) in [5.74, 6) is 1.08. The van der Waals surface area contributed by atoms with Crippen LogP contribution in [-0.2, 0) is 4.74 Å².